The second-order valence-electron chi connectivity index (χ2n) is 6.46. The average Bonchev–Trinajstić information content (AvgIpc) is 3.13. The van der Waals surface area contributed by atoms with Crippen LogP contribution in [0.1, 0.15) is 5.56 Å². The molecule has 0 saturated carbocycles. The Morgan fingerprint density at radius 2 is 1.80 bits per heavy atom. The van der Waals surface area contributed by atoms with E-state index in [1.165, 1.54) is 0 Å². The van der Waals surface area contributed by atoms with Crippen LogP contribution in [-0.2, 0) is 14.9 Å². The van der Waals surface area contributed by atoms with Gasteiger partial charge in [-0.15, -0.1) is 9.52 Å². The number of aliphatic imine (C=N–C) groups is 1. The number of amidine groups is 1. The number of aliphatic hydroxyl groups is 4. The van der Waals surface area contributed by atoms with E-state index in [0.717, 1.165) is 11.8 Å². The molecular weight excluding hydrogens is 464 g/mol. The molecule has 0 radical (unpaired) electrons. The third-order valence-electron chi connectivity index (χ3n) is 4.57. The topological polar surface area (TPSA) is 173 Å². The lowest BCUT2D eigenvalue weighted by Gasteiger charge is -2.44. The molecule has 30 heavy (non-hydrogen) atoms. The van der Waals surface area contributed by atoms with E-state index in [1.54, 1.807) is 24.3 Å². The van der Waals surface area contributed by atoms with E-state index >= 15 is 0 Å². The Balaban J connectivity index is 1.70. The summed E-state index contributed by atoms with van der Waals surface area (Å²) in [6.45, 7) is -0.795. The average molecular weight is 479 g/mol. The monoisotopic (exact) mass is 478 g/mol. The van der Waals surface area contributed by atoms with Gasteiger partial charge in [-0.2, -0.15) is 17.7 Å². The van der Waals surface area contributed by atoms with Crippen LogP contribution >= 0.6 is 23.4 Å². The fourth-order valence-electron chi connectivity index (χ4n) is 3.03. The highest BCUT2D eigenvalue weighted by Gasteiger charge is 2.55. The number of hydrogen-bond donors (Lipinski definition) is 4. The van der Waals surface area contributed by atoms with Gasteiger partial charge in [0.1, 0.15) is 29.5 Å². The van der Waals surface area contributed by atoms with Gasteiger partial charge in [-0.1, -0.05) is 23.7 Å². The Kier molecular flexibility index (Phi) is 5.52. The van der Waals surface area contributed by atoms with Crippen molar-refractivity contribution in [3.05, 3.63) is 34.9 Å². The summed E-state index contributed by atoms with van der Waals surface area (Å²) in [6, 6.07) is 5.09. The number of urea groups is 1. The fraction of sp³-hybridized carbons (Fsp3) is 0.400. The highest BCUT2D eigenvalue weighted by atomic mass is 35.5. The van der Waals surface area contributed by atoms with Crippen molar-refractivity contribution < 1.29 is 38.4 Å². The second kappa shape index (κ2) is 7.72. The van der Waals surface area contributed by atoms with Gasteiger partial charge in [0.2, 0.25) is 5.17 Å². The molecule has 0 spiro atoms. The highest BCUT2D eigenvalue weighted by molar-refractivity contribution is 8.28. The minimum atomic E-state index is -4.71. The van der Waals surface area contributed by atoms with Crippen LogP contribution in [0.4, 0.5) is 4.79 Å². The van der Waals surface area contributed by atoms with E-state index in [4.69, 9.17) is 16.3 Å². The van der Waals surface area contributed by atoms with Crippen molar-refractivity contribution in [3.8, 4) is 0 Å². The molecule has 3 aliphatic heterocycles. The van der Waals surface area contributed by atoms with Crippen molar-refractivity contribution >= 4 is 49.8 Å². The zero-order valence-electron chi connectivity index (χ0n) is 14.8. The summed E-state index contributed by atoms with van der Waals surface area (Å²) < 4.78 is 32.0. The van der Waals surface area contributed by atoms with Crippen LogP contribution in [0, 0.1) is 0 Å². The first-order valence-corrected chi connectivity index (χ1v) is 11.0. The Hall–Kier alpha value is -1.78. The molecule has 12 nitrogen and oxygen atoms in total. The van der Waals surface area contributed by atoms with Crippen LogP contribution in [0.3, 0.4) is 0 Å². The number of nitrogens with zero attached hydrogens (tertiary/aromatic N) is 4. The van der Waals surface area contributed by atoms with Crippen LogP contribution in [-0.4, -0.2) is 91.1 Å². The van der Waals surface area contributed by atoms with Gasteiger partial charge in [0.15, 0.2) is 6.23 Å². The molecule has 0 unspecified atom stereocenters. The van der Waals surface area contributed by atoms with Gasteiger partial charge in [-0.25, -0.2) is 4.79 Å². The number of fused-ring (bicyclic) bond motifs is 1. The van der Waals surface area contributed by atoms with E-state index in [-0.39, 0.29) is 14.5 Å². The van der Waals surface area contributed by atoms with Crippen molar-refractivity contribution in [1.82, 2.24) is 8.72 Å². The Morgan fingerprint density at radius 3 is 2.43 bits per heavy atom. The van der Waals surface area contributed by atoms with Crippen molar-refractivity contribution in [2.75, 3.05) is 6.61 Å². The first kappa shape index (κ1) is 21.5. The standard InChI is InChI=1S/C15H15ClN4O8S2/c16-7-3-1-6(2-4-7)12-18-20-15(29-12)17-14(25)19(30(20,26)27)13-11(24)10(23)9(22)8(5-21)28-13/h1-4,8-11,13,21-24H,5H2/t8-,9-,10+,11-,13-/m1/s1. The number of aliphatic hydroxyl groups excluding tert-OH is 4. The summed E-state index contributed by atoms with van der Waals surface area (Å²) in [5, 5.41) is 43.8. The molecule has 1 saturated heterocycles. The maximum absolute atomic E-state index is 13.1. The van der Waals surface area contributed by atoms with Crippen LogP contribution < -0.4 is 0 Å². The van der Waals surface area contributed by atoms with E-state index in [0.29, 0.717) is 15.0 Å². The number of benzene rings is 1. The maximum atomic E-state index is 13.1. The lowest BCUT2D eigenvalue weighted by Crippen LogP contribution is -2.66. The number of carbonyl (C=O) groups is 1. The predicted octanol–water partition coefficient (Wildman–Crippen LogP) is -1.11. The quantitative estimate of drug-likeness (QED) is 0.420. The summed E-state index contributed by atoms with van der Waals surface area (Å²) >= 11 is 6.69. The van der Waals surface area contributed by atoms with Crippen molar-refractivity contribution in [1.29, 1.82) is 0 Å². The van der Waals surface area contributed by atoms with Crippen molar-refractivity contribution in [3.63, 3.8) is 0 Å². The maximum Gasteiger partial charge on any atom is 0.363 e. The normalized spacial score (nSPS) is 33.2. The molecule has 4 rings (SSSR count). The third-order valence-corrected chi connectivity index (χ3v) is 7.45. The minimum Gasteiger partial charge on any atom is -0.394 e. The van der Waals surface area contributed by atoms with E-state index < -0.39 is 53.5 Å². The molecule has 1 fully saturated rings. The molecule has 5 atom stereocenters. The number of amides is 2. The first-order valence-electron chi connectivity index (χ1n) is 8.45. The number of ether oxygens (including phenoxy) is 1. The zero-order chi connectivity index (χ0) is 21.8. The van der Waals surface area contributed by atoms with Crippen LogP contribution in [0.15, 0.2) is 34.4 Å². The smallest absolute Gasteiger partial charge is 0.363 e. The zero-order valence-corrected chi connectivity index (χ0v) is 17.2. The Bertz CT molecular complexity index is 1030. The molecule has 3 heterocycles. The molecule has 3 aliphatic rings. The number of carbonyl (C=O) groups excluding carboxylic acids is 1. The largest absolute Gasteiger partial charge is 0.394 e. The molecule has 15 heteroatoms. The number of halogens is 1. The van der Waals surface area contributed by atoms with Gasteiger partial charge < -0.3 is 25.2 Å². The van der Waals surface area contributed by atoms with Crippen LogP contribution in [0.25, 0.3) is 0 Å². The molecule has 1 aromatic rings. The van der Waals surface area contributed by atoms with Gasteiger partial charge in [-0.05, 0) is 23.9 Å². The predicted molar refractivity (Wildman–Crippen MR) is 105 cm³/mol. The van der Waals surface area contributed by atoms with Gasteiger partial charge in [0.25, 0.3) is 0 Å². The molecular formula is C15H15ClN4O8S2. The van der Waals surface area contributed by atoms with Crippen LogP contribution in [0.5, 0.6) is 0 Å². The summed E-state index contributed by atoms with van der Waals surface area (Å²) in [7, 11) is -4.71. The molecule has 1 aromatic carbocycles. The van der Waals surface area contributed by atoms with E-state index in [1.807, 2.05) is 0 Å². The number of hydrogen-bond acceptors (Lipinski definition) is 10. The molecule has 4 N–H and O–H groups in total. The fourth-order valence-corrected chi connectivity index (χ4v) is 5.65. The molecule has 0 bridgehead atoms. The second-order valence-corrected chi connectivity index (χ2v) is 9.48. The lowest BCUT2D eigenvalue weighted by atomic mass is 9.98. The molecule has 162 valence electrons. The summed E-state index contributed by atoms with van der Waals surface area (Å²) in [5.74, 6) is 0. The Labute approximate surface area is 179 Å². The number of hydrazone groups is 1. The molecule has 0 aliphatic carbocycles. The Morgan fingerprint density at radius 1 is 1.13 bits per heavy atom. The molecule has 2 amide bonds. The lowest BCUT2D eigenvalue weighted by molar-refractivity contribution is -0.247. The van der Waals surface area contributed by atoms with Gasteiger partial charge in [0, 0.05) is 10.6 Å². The van der Waals surface area contributed by atoms with Gasteiger partial charge in [0.05, 0.1) is 6.61 Å². The summed E-state index contributed by atoms with van der Waals surface area (Å²) in [6.07, 6.45) is -8.95. The summed E-state index contributed by atoms with van der Waals surface area (Å²) in [5.41, 5.74) is 0.531. The van der Waals surface area contributed by atoms with Crippen LogP contribution in [0.2, 0.25) is 5.02 Å². The summed E-state index contributed by atoms with van der Waals surface area (Å²) in [4.78, 5) is 16.2. The highest BCUT2D eigenvalue weighted by Crippen LogP contribution is 2.36. The van der Waals surface area contributed by atoms with Crippen molar-refractivity contribution in [2.45, 2.75) is 30.6 Å². The number of thioether (sulfide) groups is 1. The van der Waals surface area contributed by atoms with Crippen molar-refractivity contribution in [2.24, 2.45) is 10.1 Å². The van der Waals surface area contributed by atoms with Gasteiger partial charge in [-0.3, -0.25) is 0 Å². The minimum absolute atomic E-state index is 0.119. The molecule has 0 aromatic heterocycles. The van der Waals surface area contributed by atoms with E-state index in [2.05, 4.69) is 10.1 Å². The third kappa shape index (κ3) is 3.38. The van der Waals surface area contributed by atoms with Gasteiger partial charge >= 0.3 is 16.2 Å². The van der Waals surface area contributed by atoms with E-state index in [9.17, 15) is 33.6 Å². The number of rotatable bonds is 3. The SMILES string of the molecule is O=C1N=C2SC(c3ccc(Cl)cc3)=NN2S(=O)(=O)N1[C@@H]1O[C@H](CO)[C@@H](O)[C@H](O)[C@H]1O. The first-order chi connectivity index (χ1) is 14.1.